The molecule has 0 saturated carbocycles. The largest absolute Gasteiger partial charge is 0.480 e. The summed E-state index contributed by atoms with van der Waals surface area (Å²) in [4.78, 5) is 33.3. The van der Waals surface area contributed by atoms with Crippen LogP contribution in [0, 0.1) is 0 Å². The van der Waals surface area contributed by atoms with Crippen LogP contribution >= 0.6 is 0 Å². The monoisotopic (exact) mass is 321 g/mol. The van der Waals surface area contributed by atoms with Crippen LogP contribution in [0.5, 0.6) is 0 Å². The maximum absolute atomic E-state index is 11.7. The van der Waals surface area contributed by atoms with Gasteiger partial charge in [-0.1, -0.05) is 0 Å². The van der Waals surface area contributed by atoms with Crippen molar-refractivity contribution in [3.05, 3.63) is 0 Å². The van der Waals surface area contributed by atoms with E-state index in [2.05, 4.69) is 10.6 Å². The van der Waals surface area contributed by atoms with Gasteiger partial charge in [0.25, 0.3) is 0 Å². The van der Waals surface area contributed by atoms with Gasteiger partial charge >= 0.3 is 12.0 Å². The van der Waals surface area contributed by atoms with Gasteiger partial charge in [0.15, 0.2) is 9.84 Å². The average Bonchev–Trinajstić information content (AvgIpc) is 2.32. The summed E-state index contributed by atoms with van der Waals surface area (Å²) in [6, 6.07) is -2.55. The molecule has 1 heterocycles. The SMILES string of the molecule is NC(=O)CC[C@@H](NC(=O)NC1CCCS(=O)(=O)C1)C(=O)O. The first-order valence-electron chi connectivity index (χ1n) is 6.48. The standard InChI is InChI=1S/C11H19N3O6S/c12-9(15)4-3-8(10(16)17)14-11(18)13-7-2-1-5-21(19,20)6-7/h7-8H,1-6H2,(H2,12,15)(H,16,17)(H2,13,14,18)/t7?,8-/m1/s1. The lowest BCUT2D eigenvalue weighted by atomic mass is 10.1. The highest BCUT2D eigenvalue weighted by molar-refractivity contribution is 7.91. The molecule has 1 rings (SSSR count). The Kier molecular flexibility index (Phi) is 5.94. The lowest BCUT2D eigenvalue weighted by Crippen LogP contribution is -2.51. The van der Waals surface area contributed by atoms with Crippen LogP contribution in [0.15, 0.2) is 0 Å². The zero-order valence-electron chi connectivity index (χ0n) is 11.4. The summed E-state index contributed by atoms with van der Waals surface area (Å²) >= 11 is 0. The van der Waals surface area contributed by atoms with Gasteiger partial charge in [-0.15, -0.1) is 0 Å². The van der Waals surface area contributed by atoms with Gasteiger partial charge < -0.3 is 21.5 Å². The fourth-order valence-corrected chi connectivity index (χ4v) is 3.70. The Labute approximate surface area is 122 Å². The number of carbonyl (C=O) groups is 3. The molecule has 0 bridgehead atoms. The number of urea groups is 1. The third-order valence-corrected chi connectivity index (χ3v) is 4.90. The third-order valence-electron chi connectivity index (χ3n) is 3.08. The van der Waals surface area contributed by atoms with Gasteiger partial charge in [0.2, 0.25) is 5.91 Å². The van der Waals surface area contributed by atoms with Crippen LogP contribution in [-0.2, 0) is 19.4 Å². The molecule has 0 spiro atoms. The van der Waals surface area contributed by atoms with Gasteiger partial charge in [-0.05, 0) is 19.3 Å². The number of carboxylic acid groups (broad SMARTS) is 1. The molecule has 21 heavy (non-hydrogen) atoms. The first-order valence-corrected chi connectivity index (χ1v) is 8.30. The molecule has 3 amide bonds. The zero-order valence-corrected chi connectivity index (χ0v) is 12.2. The molecule has 0 aromatic rings. The molecule has 0 radical (unpaired) electrons. The van der Waals surface area contributed by atoms with Crippen molar-refractivity contribution in [2.45, 2.75) is 37.8 Å². The quantitative estimate of drug-likeness (QED) is 0.470. The van der Waals surface area contributed by atoms with Crippen molar-refractivity contribution in [1.29, 1.82) is 0 Å². The Morgan fingerprint density at radius 3 is 2.52 bits per heavy atom. The van der Waals surface area contributed by atoms with Crippen LogP contribution in [0.3, 0.4) is 0 Å². The Bertz CT molecular complexity index is 518. The van der Waals surface area contributed by atoms with Gasteiger partial charge in [0, 0.05) is 12.5 Å². The second kappa shape index (κ2) is 7.25. The van der Waals surface area contributed by atoms with E-state index in [0.29, 0.717) is 12.8 Å². The normalized spacial score (nSPS) is 22.0. The van der Waals surface area contributed by atoms with Gasteiger partial charge in [-0.25, -0.2) is 18.0 Å². The first kappa shape index (κ1) is 17.2. The van der Waals surface area contributed by atoms with Crippen molar-refractivity contribution < 1.29 is 27.9 Å². The van der Waals surface area contributed by atoms with Crippen molar-refractivity contribution in [2.24, 2.45) is 5.73 Å². The number of sulfone groups is 1. The number of hydrogen-bond donors (Lipinski definition) is 4. The molecule has 1 aliphatic heterocycles. The maximum Gasteiger partial charge on any atom is 0.326 e. The molecular weight excluding hydrogens is 302 g/mol. The highest BCUT2D eigenvalue weighted by Crippen LogP contribution is 2.11. The predicted molar refractivity (Wildman–Crippen MR) is 73.2 cm³/mol. The smallest absolute Gasteiger partial charge is 0.326 e. The van der Waals surface area contributed by atoms with E-state index in [9.17, 15) is 22.8 Å². The Balaban J connectivity index is 2.50. The zero-order chi connectivity index (χ0) is 16.0. The summed E-state index contributed by atoms with van der Waals surface area (Å²) in [5.74, 6) is -2.01. The van der Waals surface area contributed by atoms with E-state index < -0.39 is 39.8 Å². The first-order chi connectivity index (χ1) is 9.69. The topological polar surface area (TPSA) is 156 Å². The minimum absolute atomic E-state index is 0.100. The number of hydrogen-bond acceptors (Lipinski definition) is 5. The van der Waals surface area contributed by atoms with Crippen LogP contribution in [0.2, 0.25) is 0 Å². The second-order valence-corrected chi connectivity index (χ2v) is 7.20. The molecule has 0 aromatic heterocycles. The number of nitrogens with one attached hydrogen (secondary N) is 2. The number of amides is 3. The van der Waals surface area contributed by atoms with Crippen molar-refractivity contribution in [1.82, 2.24) is 10.6 Å². The molecule has 10 heteroatoms. The van der Waals surface area contributed by atoms with Crippen LogP contribution in [0.1, 0.15) is 25.7 Å². The second-order valence-electron chi connectivity index (χ2n) is 4.97. The number of aliphatic carboxylic acids is 1. The van der Waals surface area contributed by atoms with Crippen LogP contribution in [0.25, 0.3) is 0 Å². The molecule has 5 N–H and O–H groups in total. The third kappa shape index (κ3) is 6.43. The summed E-state index contributed by atoms with van der Waals surface area (Å²) < 4.78 is 22.9. The van der Waals surface area contributed by atoms with Crippen molar-refractivity contribution >= 4 is 27.7 Å². The summed E-state index contributed by atoms with van der Waals surface area (Å²) in [6.07, 6.45) is 0.680. The number of rotatable bonds is 6. The van der Waals surface area contributed by atoms with E-state index in [1.54, 1.807) is 0 Å². The lowest BCUT2D eigenvalue weighted by Gasteiger charge is -2.24. The fourth-order valence-electron chi connectivity index (χ4n) is 2.07. The molecule has 0 aliphatic carbocycles. The van der Waals surface area contributed by atoms with Crippen molar-refractivity contribution in [2.75, 3.05) is 11.5 Å². The molecule has 9 nitrogen and oxygen atoms in total. The summed E-state index contributed by atoms with van der Waals surface area (Å²) in [5, 5.41) is 13.6. The van der Waals surface area contributed by atoms with Gasteiger partial charge in [-0.3, -0.25) is 4.79 Å². The molecule has 1 saturated heterocycles. The lowest BCUT2D eigenvalue weighted by molar-refractivity contribution is -0.139. The van der Waals surface area contributed by atoms with E-state index in [4.69, 9.17) is 10.8 Å². The van der Waals surface area contributed by atoms with Gasteiger partial charge in [-0.2, -0.15) is 0 Å². The minimum Gasteiger partial charge on any atom is -0.480 e. The predicted octanol–water partition coefficient (Wildman–Crippen LogP) is -1.42. The Morgan fingerprint density at radius 2 is 2.00 bits per heavy atom. The maximum atomic E-state index is 11.7. The van der Waals surface area contributed by atoms with E-state index in [-0.39, 0.29) is 24.3 Å². The Morgan fingerprint density at radius 1 is 1.33 bits per heavy atom. The molecular formula is C11H19N3O6S. The number of carboxylic acids is 1. The highest BCUT2D eigenvalue weighted by atomic mass is 32.2. The molecule has 1 aliphatic rings. The van der Waals surface area contributed by atoms with E-state index in [1.165, 1.54) is 0 Å². The summed E-state index contributed by atoms with van der Waals surface area (Å²) in [7, 11) is -3.16. The number of carbonyl (C=O) groups excluding carboxylic acids is 2. The van der Waals surface area contributed by atoms with E-state index >= 15 is 0 Å². The average molecular weight is 321 g/mol. The van der Waals surface area contributed by atoms with Crippen LogP contribution < -0.4 is 16.4 Å². The summed E-state index contributed by atoms with van der Waals surface area (Å²) in [6.45, 7) is 0. The molecule has 2 atom stereocenters. The van der Waals surface area contributed by atoms with E-state index in [0.717, 1.165) is 0 Å². The van der Waals surface area contributed by atoms with Gasteiger partial charge in [0.05, 0.1) is 11.5 Å². The van der Waals surface area contributed by atoms with Crippen LogP contribution in [-0.4, -0.2) is 55.0 Å². The minimum atomic E-state index is -3.16. The highest BCUT2D eigenvalue weighted by Gasteiger charge is 2.27. The molecule has 1 fully saturated rings. The fraction of sp³-hybridized carbons (Fsp3) is 0.727. The van der Waals surface area contributed by atoms with Crippen molar-refractivity contribution in [3.63, 3.8) is 0 Å². The molecule has 120 valence electrons. The van der Waals surface area contributed by atoms with Crippen LogP contribution in [0.4, 0.5) is 4.79 Å². The number of nitrogens with two attached hydrogens (primary N) is 1. The molecule has 0 aromatic carbocycles. The Hall–Kier alpha value is -1.84. The van der Waals surface area contributed by atoms with E-state index in [1.807, 2.05) is 0 Å². The van der Waals surface area contributed by atoms with Crippen molar-refractivity contribution in [3.8, 4) is 0 Å². The molecule has 1 unspecified atom stereocenters. The summed E-state index contributed by atoms with van der Waals surface area (Å²) in [5.41, 5.74) is 4.92. The number of primary amides is 1. The van der Waals surface area contributed by atoms with Gasteiger partial charge in [0.1, 0.15) is 6.04 Å².